The zero-order valence-corrected chi connectivity index (χ0v) is 9.06. The lowest BCUT2D eigenvalue weighted by molar-refractivity contribution is -0.136. The molecule has 0 atom stereocenters. The van der Waals surface area contributed by atoms with Crippen LogP contribution >= 0.6 is 0 Å². The second-order valence-electron chi connectivity index (χ2n) is 3.65. The van der Waals surface area contributed by atoms with Gasteiger partial charge in [-0.05, 0) is 6.07 Å². The van der Waals surface area contributed by atoms with Crippen LogP contribution in [0.25, 0.3) is 10.9 Å². The predicted octanol–water partition coefficient (Wildman–Crippen LogP) is 1.37. The summed E-state index contributed by atoms with van der Waals surface area (Å²) in [4.78, 5) is 25.1. The van der Waals surface area contributed by atoms with Crippen molar-refractivity contribution in [3.8, 4) is 0 Å². The van der Waals surface area contributed by atoms with Crippen LogP contribution in [0.5, 0.6) is 0 Å². The normalized spacial score (nSPS) is 10.4. The van der Waals surface area contributed by atoms with E-state index in [1.54, 1.807) is 6.20 Å². The van der Waals surface area contributed by atoms with Crippen LogP contribution in [0.4, 0.5) is 0 Å². The molecule has 3 N–H and O–H groups in total. The smallest absolute Gasteiger partial charge is 0.305 e. The molecule has 88 valence electrons. The molecule has 0 radical (unpaired) electrons. The van der Waals surface area contributed by atoms with Crippen LogP contribution in [-0.4, -0.2) is 28.5 Å². The summed E-state index contributed by atoms with van der Waals surface area (Å²) in [5.41, 5.74) is 1.42. The molecule has 0 saturated heterocycles. The highest BCUT2D eigenvalue weighted by Crippen LogP contribution is 2.17. The van der Waals surface area contributed by atoms with E-state index in [0.29, 0.717) is 5.56 Å². The minimum atomic E-state index is -0.927. The summed E-state index contributed by atoms with van der Waals surface area (Å²) in [6, 6.07) is 7.45. The molecule has 0 spiro atoms. The van der Waals surface area contributed by atoms with Gasteiger partial charge in [-0.15, -0.1) is 0 Å². The van der Waals surface area contributed by atoms with Crippen LogP contribution in [0, 0.1) is 0 Å². The summed E-state index contributed by atoms with van der Waals surface area (Å²) in [5.74, 6) is -1.19. The number of rotatable bonds is 4. The van der Waals surface area contributed by atoms with Crippen LogP contribution in [0.1, 0.15) is 16.8 Å². The molecule has 0 bridgehead atoms. The van der Waals surface area contributed by atoms with E-state index in [4.69, 9.17) is 5.11 Å². The van der Waals surface area contributed by atoms with Crippen molar-refractivity contribution in [1.29, 1.82) is 0 Å². The Morgan fingerprint density at radius 3 is 2.82 bits per heavy atom. The summed E-state index contributed by atoms with van der Waals surface area (Å²) in [6.45, 7) is 0.133. The van der Waals surface area contributed by atoms with Gasteiger partial charge in [0.1, 0.15) is 0 Å². The zero-order chi connectivity index (χ0) is 12.3. The van der Waals surface area contributed by atoms with Crippen molar-refractivity contribution >= 4 is 22.8 Å². The summed E-state index contributed by atoms with van der Waals surface area (Å²) in [5, 5.41) is 11.9. The first-order valence-corrected chi connectivity index (χ1v) is 5.24. The summed E-state index contributed by atoms with van der Waals surface area (Å²) in [6.07, 6.45) is 1.55. The number of aromatic amines is 1. The highest BCUT2D eigenvalue weighted by atomic mass is 16.4. The van der Waals surface area contributed by atoms with Crippen molar-refractivity contribution in [1.82, 2.24) is 10.3 Å². The first-order chi connectivity index (χ1) is 8.18. The van der Waals surface area contributed by atoms with Gasteiger partial charge in [0, 0.05) is 23.6 Å². The molecular formula is C12H12N2O3. The number of aliphatic carboxylic acids is 1. The van der Waals surface area contributed by atoms with Crippen LogP contribution in [0.15, 0.2) is 30.5 Å². The standard InChI is InChI=1S/C12H12N2O3/c15-11(16)5-6-13-12(17)9-7-14-10-4-2-1-3-8(9)10/h1-4,7,14H,5-6H2,(H,13,17)(H,15,16). The number of carbonyl (C=O) groups excluding carboxylic acids is 1. The van der Waals surface area contributed by atoms with Crippen molar-refractivity contribution in [2.24, 2.45) is 0 Å². The molecular weight excluding hydrogens is 220 g/mol. The lowest BCUT2D eigenvalue weighted by Gasteiger charge is -2.01. The number of para-hydroxylation sites is 1. The number of H-pyrrole nitrogens is 1. The number of nitrogens with one attached hydrogen (secondary N) is 2. The van der Waals surface area contributed by atoms with E-state index in [1.807, 2.05) is 24.3 Å². The Bertz CT molecular complexity index is 560. The lowest BCUT2D eigenvalue weighted by Crippen LogP contribution is -2.25. The third kappa shape index (κ3) is 2.44. The number of hydrogen-bond donors (Lipinski definition) is 3. The zero-order valence-electron chi connectivity index (χ0n) is 9.06. The third-order valence-corrected chi connectivity index (χ3v) is 2.46. The van der Waals surface area contributed by atoms with Gasteiger partial charge in [0.15, 0.2) is 0 Å². The second kappa shape index (κ2) is 4.69. The molecule has 1 amide bonds. The van der Waals surface area contributed by atoms with Gasteiger partial charge in [0.05, 0.1) is 12.0 Å². The molecule has 5 heteroatoms. The number of hydrogen-bond acceptors (Lipinski definition) is 2. The molecule has 1 heterocycles. The Hall–Kier alpha value is -2.30. The van der Waals surface area contributed by atoms with Crippen molar-refractivity contribution in [3.05, 3.63) is 36.0 Å². The monoisotopic (exact) mass is 232 g/mol. The maximum absolute atomic E-state index is 11.8. The minimum Gasteiger partial charge on any atom is -0.481 e. The number of benzene rings is 1. The fraction of sp³-hybridized carbons (Fsp3) is 0.167. The molecule has 2 aromatic rings. The SMILES string of the molecule is O=C(O)CCNC(=O)c1c[nH]c2ccccc12. The average Bonchev–Trinajstić information content (AvgIpc) is 2.72. The van der Waals surface area contributed by atoms with Crippen LogP contribution in [0.3, 0.4) is 0 Å². The molecule has 17 heavy (non-hydrogen) atoms. The summed E-state index contributed by atoms with van der Waals surface area (Å²) in [7, 11) is 0. The van der Waals surface area contributed by atoms with Gasteiger partial charge < -0.3 is 15.4 Å². The van der Waals surface area contributed by atoms with E-state index in [1.165, 1.54) is 0 Å². The van der Waals surface area contributed by atoms with Gasteiger partial charge in [0.2, 0.25) is 0 Å². The van der Waals surface area contributed by atoms with Gasteiger partial charge in [0.25, 0.3) is 5.91 Å². The maximum Gasteiger partial charge on any atom is 0.305 e. The molecule has 1 aromatic carbocycles. The van der Waals surface area contributed by atoms with Gasteiger partial charge in [-0.25, -0.2) is 0 Å². The Labute approximate surface area is 97.4 Å². The average molecular weight is 232 g/mol. The molecule has 0 unspecified atom stereocenters. The van der Waals surface area contributed by atoms with E-state index in [-0.39, 0.29) is 18.9 Å². The fourth-order valence-corrected chi connectivity index (χ4v) is 1.64. The molecule has 0 aliphatic carbocycles. The number of fused-ring (bicyclic) bond motifs is 1. The Balaban J connectivity index is 2.11. The van der Waals surface area contributed by atoms with Gasteiger partial charge in [-0.2, -0.15) is 0 Å². The quantitative estimate of drug-likeness (QED) is 0.744. The number of carboxylic acid groups (broad SMARTS) is 1. The van der Waals surface area contributed by atoms with Crippen LogP contribution in [-0.2, 0) is 4.79 Å². The Kier molecular flexibility index (Phi) is 3.09. The topological polar surface area (TPSA) is 82.2 Å². The lowest BCUT2D eigenvalue weighted by atomic mass is 10.1. The maximum atomic E-state index is 11.8. The Morgan fingerprint density at radius 1 is 1.29 bits per heavy atom. The van der Waals surface area contributed by atoms with E-state index < -0.39 is 5.97 Å². The van der Waals surface area contributed by atoms with Crippen molar-refractivity contribution in [3.63, 3.8) is 0 Å². The molecule has 0 saturated carbocycles. The number of aromatic nitrogens is 1. The van der Waals surface area contributed by atoms with Crippen molar-refractivity contribution in [2.75, 3.05) is 6.54 Å². The number of carboxylic acids is 1. The number of carbonyl (C=O) groups is 2. The Morgan fingerprint density at radius 2 is 2.06 bits per heavy atom. The van der Waals surface area contributed by atoms with Gasteiger partial charge in [-0.3, -0.25) is 9.59 Å². The second-order valence-corrected chi connectivity index (χ2v) is 3.65. The van der Waals surface area contributed by atoms with E-state index in [9.17, 15) is 9.59 Å². The molecule has 0 aliphatic heterocycles. The third-order valence-electron chi connectivity index (χ3n) is 2.46. The molecule has 5 nitrogen and oxygen atoms in total. The molecule has 1 aromatic heterocycles. The summed E-state index contributed by atoms with van der Waals surface area (Å²) < 4.78 is 0. The molecule has 0 fully saturated rings. The summed E-state index contributed by atoms with van der Waals surface area (Å²) >= 11 is 0. The minimum absolute atomic E-state index is 0.0753. The number of amides is 1. The van der Waals surface area contributed by atoms with E-state index in [2.05, 4.69) is 10.3 Å². The fourth-order valence-electron chi connectivity index (χ4n) is 1.64. The predicted molar refractivity (Wildman–Crippen MR) is 62.9 cm³/mol. The first kappa shape index (κ1) is 11.2. The molecule has 0 aliphatic rings. The van der Waals surface area contributed by atoms with E-state index in [0.717, 1.165) is 10.9 Å². The molecule has 2 rings (SSSR count). The van der Waals surface area contributed by atoms with E-state index >= 15 is 0 Å². The largest absolute Gasteiger partial charge is 0.481 e. The first-order valence-electron chi connectivity index (χ1n) is 5.24. The van der Waals surface area contributed by atoms with Crippen LogP contribution in [0.2, 0.25) is 0 Å². The highest BCUT2D eigenvalue weighted by molar-refractivity contribution is 6.06. The van der Waals surface area contributed by atoms with Crippen molar-refractivity contribution < 1.29 is 14.7 Å². The van der Waals surface area contributed by atoms with Gasteiger partial charge in [-0.1, -0.05) is 18.2 Å². The van der Waals surface area contributed by atoms with Crippen molar-refractivity contribution in [2.45, 2.75) is 6.42 Å². The highest BCUT2D eigenvalue weighted by Gasteiger charge is 2.11. The van der Waals surface area contributed by atoms with Crippen LogP contribution < -0.4 is 5.32 Å². The van der Waals surface area contributed by atoms with Gasteiger partial charge >= 0.3 is 5.97 Å².